The third kappa shape index (κ3) is 2.91. The van der Waals surface area contributed by atoms with Gasteiger partial charge in [0.1, 0.15) is 6.54 Å². The largest absolute Gasteiger partial charge is 0.480 e. The van der Waals surface area contributed by atoms with Gasteiger partial charge in [0.25, 0.3) is 5.69 Å². The highest BCUT2D eigenvalue weighted by Gasteiger charge is 2.42. The van der Waals surface area contributed by atoms with Gasteiger partial charge in [0, 0.05) is 12.1 Å². The maximum Gasteiger partial charge on any atom is 0.323 e. The number of amides is 2. The van der Waals surface area contributed by atoms with Crippen molar-refractivity contribution in [2.75, 3.05) is 6.54 Å². The third-order valence-corrected chi connectivity index (χ3v) is 3.33. The zero-order valence-electron chi connectivity index (χ0n) is 11.0. The lowest BCUT2D eigenvalue weighted by Gasteiger charge is -2.17. The van der Waals surface area contributed by atoms with Gasteiger partial charge in [-0.3, -0.25) is 34.3 Å². The summed E-state index contributed by atoms with van der Waals surface area (Å²) >= 11 is 4.93. The molecule has 0 unspecified atom stereocenters. The van der Waals surface area contributed by atoms with Crippen molar-refractivity contribution in [3.8, 4) is 0 Å². The van der Waals surface area contributed by atoms with E-state index in [0.29, 0.717) is 10.5 Å². The van der Waals surface area contributed by atoms with E-state index in [9.17, 15) is 24.5 Å². The van der Waals surface area contributed by atoms with Gasteiger partial charge in [0.2, 0.25) is 0 Å². The lowest BCUT2D eigenvalue weighted by atomic mass is 10.2. The number of rotatable bonds is 5. The van der Waals surface area contributed by atoms with E-state index >= 15 is 0 Å². The summed E-state index contributed by atoms with van der Waals surface area (Å²) in [5.41, 5.74) is 0.235. The molecule has 10 heteroatoms. The number of nitrogens with zero attached hydrogens (tertiary/aromatic N) is 3. The average Bonchev–Trinajstić information content (AvgIpc) is 2.65. The van der Waals surface area contributed by atoms with Crippen LogP contribution in [-0.2, 0) is 20.9 Å². The molecule has 1 aromatic carbocycles. The molecule has 9 nitrogen and oxygen atoms in total. The molecule has 0 radical (unpaired) electrons. The van der Waals surface area contributed by atoms with Crippen LogP contribution in [0.15, 0.2) is 24.3 Å². The molecule has 2 amide bonds. The zero-order valence-corrected chi connectivity index (χ0v) is 11.8. The Kier molecular flexibility index (Phi) is 4.13. The van der Waals surface area contributed by atoms with Crippen molar-refractivity contribution in [2.24, 2.45) is 0 Å². The van der Waals surface area contributed by atoms with Gasteiger partial charge in [0.15, 0.2) is 5.11 Å². The number of carbonyl (C=O) groups is 3. The molecule has 0 saturated carbocycles. The summed E-state index contributed by atoms with van der Waals surface area (Å²) in [6.45, 7) is -0.865. The number of nitro groups is 1. The van der Waals surface area contributed by atoms with Gasteiger partial charge in [-0.15, -0.1) is 0 Å². The fourth-order valence-corrected chi connectivity index (χ4v) is 2.21. The van der Waals surface area contributed by atoms with E-state index < -0.39 is 29.3 Å². The molecule has 0 aromatic heterocycles. The number of thiocarbonyl (C=S) groups is 1. The summed E-state index contributed by atoms with van der Waals surface area (Å²) in [4.78, 5) is 46.0. The van der Waals surface area contributed by atoms with E-state index in [0.717, 1.165) is 4.90 Å². The standard InChI is InChI=1S/C12H9N3O6S/c16-9(17)6-14-11(19)10(18)13(12(14)22)5-7-2-1-3-8(4-7)15(20)21/h1-4H,5-6H2,(H,16,17). The van der Waals surface area contributed by atoms with Crippen LogP contribution in [0.3, 0.4) is 0 Å². The molecule has 1 aliphatic heterocycles. The van der Waals surface area contributed by atoms with Crippen molar-refractivity contribution in [1.82, 2.24) is 9.80 Å². The number of carbonyl (C=O) groups excluding carboxylic acids is 2. The fourth-order valence-electron chi connectivity index (χ4n) is 1.92. The van der Waals surface area contributed by atoms with Gasteiger partial charge in [-0.2, -0.15) is 0 Å². The number of carboxylic acid groups (broad SMARTS) is 1. The second-order valence-electron chi connectivity index (χ2n) is 4.39. The van der Waals surface area contributed by atoms with Gasteiger partial charge < -0.3 is 5.11 Å². The van der Waals surface area contributed by atoms with E-state index in [1.807, 2.05) is 0 Å². The molecule has 0 spiro atoms. The normalized spacial score (nSPS) is 14.6. The van der Waals surface area contributed by atoms with Crippen LogP contribution in [0, 0.1) is 10.1 Å². The lowest BCUT2D eigenvalue weighted by molar-refractivity contribution is -0.384. The van der Waals surface area contributed by atoms with E-state index in [1.54, 1.807) is 0 Å². The number of aliphatic carboxylic acids is 1. The first-order valence-electron chi connectivity index (χ1n) is 5.93. The molecule has 114 valence electrons. The van der Waals surface area contributed by atoms with Crippen molar-refractivity contribution >= 4 is 40.8 Å². The zero-order chi connectivity index (χ0) is 16.4. The number of benzene rings is 1. The Morgan fingerprint density at radius 2 is 1.91 bits per heavy atom. The maximum atomic E-state index is 11.9. The molecule has 0 bridgehead atoms. The minimum absolute atomic E-state index is 0.152. The molecular formula is C12H9N3O6S. The highest BCUT2D eigenvalue weighted by Crippen LogP contribution is 2.19. The molecule has 0 atom stereocenters. The Hall–Kier alpha value is -2.88. The van der Waals surface area contributed by atoms with Gasteiger partial charge in [-0.05, 0) is 17.8 Å². The Labute approximate surface area is 128 Å². The first kappa shape index (κ1) is 15.5. The molecule has 1 heterocycles. The monoisotopic (exact) mass is 323 g/mol. The molecule has 1 N–H and O–H groups in total. The number of hydrogen-bond donors (Lipinski definition) is 1. The summed E-state index contributed by atoms with van der Waals surface area (Å²) in [6.07, 6.45) is 0. The Morgan fingerprint density at radius 1 is 1.27 bits per heavy atom. The van der Waals surface area contributed by atoms with Crippen molar-refractivity contribution in [2.45, 2.75) is 6.54 Å². The van der Waals surface area contributed by atoms with E-state index in [1.165, 1.54) is 24.3 Å². The summed E-state index contributed by atoms with van der Waals surface area (Å²) in [5, 5.41) is 19.2. The third-order valence-electron chi connectivity index (χ3n) is 2.89. The molecule has 0 aliphatic carbocycles. The lowest BCUT2D eigenvalue weighted by Crippen LogP contribution is -2.36. The Bertz CT molecular complexity index is 704. The van der Waals surface area contributed by atoms with Crippen molar-refractivity contribution in [3.05, 3.63) is 39.9 Å². The van der Waals surface area contributed by atoms with Crippen LogP contribution in [0.2, 0.25) is 0 Å². The SMILES string of the molecule is O=C(O)CN1C(=O)C(=O)N(Cc2cccc([N+](=O)[O-])c2)C1=S. The van der Waals surface area contributed by atoms with Crippen molar-refractivity contribution in [1.29, 1.82) is 0 Å². The van der Waals surface area contributed by atoms with Crippen LogP contribution in [0.1, 0.15) is 5.56 Å². The van der Waals surface area contributed by atoms with Crippen LogP contribution < -0.4 is 0 Å². The highest BCUT2D eigenvalue weighted by molar-refractivity contribution is 7.80. The summed E-state index contributed by atoms with van der Waals surface area (Å²) in [5.74, 6) is -3.30. The first-order valence-corrected chi connectivity index (χ1v) is 6.34. The number of hydrogen-bond acceptors (Lipinski definition) is 6. The highest BCUT2D eigenvalue weighted by atomic mass is 32.1. The topological polar surface area (TPSA) is 121 Å². The second-order valence-corrected chi connectivity index (χ2v) is 4.75. The second kappa shape index (κ2) is 5.85. The molecule has 1 saturated heterocycles. The van der Waals surface area contributed by atoms with Crippen LogP contribution in [0.25, 0.3) is 0 Å². The van der Waals surface area contributed by atoms with Crippen LogP contribution in [0.5, 0.6) is 0 Å². The minimum atomic E-state index is -1.30. The van der Waals surface area contributed by atoms with Gasteiger partial charge in [-0.25, -0.2) is 0 Å². The molecule has 2 rings (SSSR count). The molecule has 22 heavy (non-hydrogen) atoms. The maximum absolute atomic E-state index is 11.9. The summed E-state index contributed by atoms with van der Waals surface area (Å²) < 4.78 is 0. The molecule has 1 fully saturated rings. The molecular weight excluding hydrogens is 314 g/mol. The first-order chi connectivity index (χ1) is 10.3. The van der Waals surface area contributed by atoms with Gasteiger partial charge in [0.05, 0.1) is 11.5 Å². The quantitative estimate of drug-likeness (QED) is 0.354. The summed E-state index contributed by atoms with van der Waals surface area (Å²) in [7, 11) is 0. The van der Waals surface area contributed by atoms with Crippen LogP contribution in [-0.4, -0.2) is 49.3 Å². The number of nitro benzene ring substituents is 1. The number of non-ortho nitro benzene ring substituents is 1. The molecule has 1 aromatic rings. The predicted octanol–water partition coefficient (Wildman–Crippen LogP) is 0.135. The summed E-state index contributed by atoms with van der Waals surface area (Å²) in [6, 6.07) is 5.51. The smallest absolute Gasteiger partial charge is 0.323 e. The average molecular weight is 323 g/mol. The van der Waals surface area contributed by atoms with Gasteiger partial charge in [-0.1, -0.05) is 12.1 Å². The van der Waals surface area contributed by atoms with Crippen LogP contribution >= 0.6 is 12.2 Å². The van der Waals surface area contributed by atoms with Gasteiger partial charge >= 0.3 is 17.8 Å². The van der Waals surface area contributed by atoms with Crippen LogP contribution in [0.4, 0.5) is 5.69 Å². The van der Waals surface area contributed by atoms with E-state index in [4.69, 9.17) is 17.3 Å². The fraction of sp³-hybridized carbons (Fsp3) is 0.167. The Balaban J connectivity index is 2.22. The Morgan fingerprint density at radius 3 is 2.50 bits per heavy atom. The van der Waals surface area contributed by atoms with E-state index in [-0.39, 0.29) is 17.3 Å². The van der Waals surface area contributed by atoms with Crippen molar-refractivity contribution < 1.29 is 24.4 Å². The van der Waals surface area contributed by atoms with E-state index in [2.05, 4.69) is 0 Å². The minimum Gasteiger partial charge on any atom is -0.480 e. The predicted molar refractivity (Wildman–Crippen MR) is 75.6 cm³/mol. The van der Waals surface area contributed by atoms with Crippen molar-refractivity contribution in [3.63, 3.8) is 0 Å². The molecule has 1 aliphatic rings. The number of carboxylic acids is 1.